The van der Waals surface area contributed by atoms with Crippen molar-refractivity contribution in [3.8, 4) is 17.6 Å². The molecule has 0 saturated carbocycles. The van der Waals surface area contributed by atoms with Crippen molar-refractivity contribution in [2.45, 2.75) is 0 Å². The van der Waals surface area contributed by atoms with Crippen LogP contribution in [0.2, 0.25) is 0 Å². The minimum atomic E-state index is 0.258. The van der Waals surface area contributed by atoms with Crippen molar-refractivity contribution in [2.75, 3.05) is 21.3 Å². The average Bonchev–Trinajstić information content (AvgIpc) is 2.36. The smallest absolute Gasteiger partial charge is 0.320 e. The number of aromatic nitrogens is 2. The van der Waals surface area contributed by atoms with Gasteiger partial charge in [-0.3, -0.25) is 0 Å². The predicted molar refractivity (Wildman–Crippen MR) is 59.2 cm³/mol. The summed E-state index contributed by atoms with van der Waals surface area (Å²) in [5.74, 6) is 1.14. The molecular weight excluding hydrogens is 208 g/mol. The van der Waals surface area contributed by atoms with Crippen LogP contribution in [-0.2, 0) is 0 Å². The molecule has 1 aromatic heterocycles. The number of hydrogen-bond acceptors (Lipinski definition) is 5. The van der Waals surface area contributed by atoms with E-state index in [1.165, 1.54) is 7.11 Å². The Morgan fingerprint density at radius 1 is 0.938 bits per heavy atom. The first-order valence-corrected chi connectivity index (χ1v) is 4.73. The summed E-state index contributed by atoms with van der Waals surface area (Å²) in [6.45, 7) is 0. The molecule has 0 saturated heterocycles. The third-order valence-electron chi connectivity index (χ3n) is 2.23. The molecule has 0 atom stereocenters. The lowest BCUT2D eigenvalue weighted by molar-refractivity contribution is 0.355. The Morgan fingerprint density at radius 3 is 2.38 bits per heavy atom. The summed E-state index contributed by atoms with van der Waals surface area (Å²) in [7, 11) is 4.66. The minimum absolute atomic E-state index is 0.258. The van der Waals surface area contributed by atoms with Crippen LogP contribution in [0.4, 0.5) is 0 Å². The van der Waals surface area contributed by atoms with Gasteiger partial charge in [-0.2, -0.15) is 9.97 Å². The zero-order valence-electron chi connectivity index (χ0n) is 9.35. The van der Waals surface area contributed by atoms with Gasteiger partial charge in [0.1, 0.15) is 11.3 Å². The van der Waals surface area contributed by atoms with Gasteiger partial charge in [0.15, 0.2) is 0 Å². The van der Waals surface area contributed by atoms with Crippen LogP contribution in [0.25, 0.3) is 10.9 Å². The van der Waals surface area contributed by atoms with E-state index in [1.807, 2.05) is 18.2 Å². The highest BCUT2D eigenvalue weighted by Crippen LogP contribution is 2.30. The van der Waals surface area contributed by atoms with Gasteiger partial charge < -0.3 is 14.2 Å². The molecule has 0 fully saturated rings. The van der Waals surface area contributed by atoms with Gasteiger partial charge >= 0.3 is 6.01 Å². The van der Waals surface area contributed by atoms with E-state index in [1.54, 1.807) is 14.2 Å². The number of methoxy groups -OCH3 is 3. The second kappa shape index (κ2) is 4.22. The molecule has 5 nitrogen and oxygen atoms in total. The number of rotatable bonds is 3. The van der Waals surface area contributed by atoms with Crippen molar-refractivity contribution in [1.29, 1.82) is 0 Å². The molecule has 0 bridgehead atoms. The van der Waals surface area contributed by atoms with Gasteiger partial charge in [-0.1, -0.05) is 6.07 Å². The summed E-state index contributed by atoms with van der Waals surface area (Å²) in [5, 5.41) is 0.794. The molecule has 16 heavy (non-hydrogen) atoms. The summed E-state index contributed by atoms with van der Waals surface area (Å²) in [6, 6.07) is 5.82. The lowest BCUT2D eigenvalue weighted by Crippen LogP contribution is -1.98. The normalized spacial score (nSPS) is 10.2. The first-order valence-electron chi connectivity index (χ1n) is 4.73. The van der Waals surface area contributed by atoms with Gasteiger partial charge in [0, 0.05) is 0 Å². The number of benzene rings is 1. The molecule has 2 rings (SSSR count). The van der Waals surface area contributed by atoms with Crippen LogP contribution in [0.3, 0.4) is 0 Å². The van der Waals surface area contributed by atoms with Crippen LogP contribution >= 0.6 is 0 Å². The molecule has 84 valence electrons. The van der Waals surface area contributed by atoms with Gasteiger partial charge in [0.05, 0.1) is 26.7 Å². The Bertz CT molecular complexity index is 514. The molecule has 2 aromatic rings. The molecule has 1 heterocycles. The van der Waals surface area contributed by atoms with E-state index < -0.39 is 0 Å². The van der Waals surface area contributed by atoms with E-state index in [-0.39, 0.29) is 6.01 Å². The van der Waals surface area contributed by atoms with E-state index in [9.17, 15) is 0 Å². The molecule has 0 amide bonds. The van der Waals surface area contributed by atoms with Crippen LogP contribution in [0, 0.1) is 0 Å². The zero-order chi connectivity index (χ0) is 11.5. The van der Waals surface area contributed by atoms with Crippen molar-refractivity contribution in [3.63, 3.8) is 0 Å². The van der Waals surface area contributed by atoms with Crippen molar-refractivity contribution in [1.82, 2.24) is 9.97 Å². The number of hydrogen-bond donors (Lipinski definition) is 0. The van der Waals surface area contributed by atoms with E-state index in [0.29, 0.717) is 17.1 Å². The van der Waals surface area contributed by atoms with Gasteiger partial charge in [0.25, 0.3) is 0 Å². The average molecular weight is 220 g/mol. The standard InChI is InChI=1S/C11H12N2O3/c1-14-8-6-4-5-7-9(8)12-11(16-3)13-10(7)15-2/h4-6H,1-3H3. The van der Waals surface area contributed by atoms with Gasteiger partial charge in [-0.15, -0.1) is 0 Å². The first-order chi connectivity index (χ1) is 7.80. The van der Waals surface area contributed by atoms with Gasteiger partial charge in [-0.25, -0.2) is 0 Å². The highest BCUT2D eigenvalue weighted by atomic mass is 16.5. The third-order valence-corrected chi connectivity index (χ3v) is 2.23. The molecule has 0 aliphatic rings. The van der Waals surface area contributed by atoms with Crippen LogP contribution in [-0.4, -0.2) is 31.3 Å². The molecule has 0 unspecified atom stereocenters. The maximum absolute atomic E-state index is 5.23. The molecule has 5 heteroatoms. The van der Waals surface area contributed by atoms with Crippen molar-refractivity contribution >= 4 is 10.9 Å². The van der Waals surface area contributed by atoms with Crippen molar-refractivity contribution < 1.29 is 14.2 Å². The van der Waals surface area contributed by atoms with Crippen molar-refractivity contribution in [3.05, 3.63) is 18.2 Å². The summed E-state index contributed by atoms with van der Waals surface area (Å²) < 4.78 is 15.4. The largest absolute Gasteiger partial charge is 0.494 e. The lowest BCUT2D eigenvalue weighted by Gasteiger charge is -2.08. The number of ether oxygens (including phenoxy) is 3. The van der Waals surface area contributed by atoms with E-state index in [2.05, 4.69) is 9.97 Å². The quantitative estimate of drug-likeness (QED) is 0.787. The van der Waals surface area contributed by atoms with Gasteiger partial charge in [0.2, 0.25) is 5.88 Å². The summed E-state index contributed by atoms with van der Waals surface area (Å²) >= 11 is 0. The zero-order valence-corrected chi connectivity index (χ0v) is 9.35. The molecule has 0 radical (unpaired) electrons. The van der Waals surface area contributed by atoms with Crippen LogP contribution < -0.4 is 14.2 Å². The van der Waals surface area contributed by atoms with Crippen LogP contribution in [0.1, 0.15) is 0 Å². The molecule has 0 spiro atoms. The third kappa shape index (κ3) is 1.60. The van der Waals surface area contributed by atoms with E-state index in [0.717, 1.165) is 5.39 Å². The maximum atomic E-state index is 5.23. The second-order valence-corrected chi connectivity index (χ2v) is 3.08. The Morgan fingerprint density at radius 2 is 1.75 bits per heavy atom. The Labute approximate surface area is 93.0 Å². The minimum Gasteiger partial charge on any atom is -0.494 e. The SMILES string of the molecule is COc1nc(OC)c2cccc(OC)c2n1. The highest BCUT2D eigenvalue weighted by molar-refractivity contribution is 5.88. The Kier molecular flexibility index (Phi) is 2.76. The molecule has 1 aromatic carbocycles. The van der Waals surface area contributed by atoms with E-state index >= 15 is 0 Å². The maximum Gasteiger partial charge on any atom is 0.320 e. The highest BCUT2D eigenvalue weighted by Gasteiger charge is 2.11. The molecule has 0 aliphatic carbocycles. The molecular formula is C11H12N2O3. The number of para-hydroxylation sites is 1. The monoisotopic (exact) mass is 220 g/mol. The first kappa shape index (κ1) is 10.5. The van der Waals surface area contributed by atoms with Crippen LogP contribution in [0.5, 0.6) is 17.6 Å². The predicted octanol–water partition coefficient (Wildman–Crippen LogP) is 1.66. The number of fused-ring (bicyclic) bond motifs is 1. The van der Waals surface area contributed by atoms with Crippen LogP contribution in [0.15, 0.2) is 18.2 Å². The summed E-state index contributed by atoms with van der Waals surface area (Å²) in [5.41, 5.74) is 0.675. The summed E-state index contributed by atoms with van der Waals surface area (Å²) in [6.07, 6.45) is 0. The second-order valence-electron chi connectivity index (χ2n) is 3.08. The lowest BCUT2D eigenvalue weighted by atomic mass is 10.2. The van der Waals surface area contributed by atoms with E-state index in [4.69, 9.17) is 14.2 Å². The fourth-order valence-corrected chi connectivity index (χ4v) is 1.49. The number of nitrogens with zero attached hydrogens (tertiary/aromatic N) is 2. The molecule has 0 N–H and O–H groups in total. The molecule has 0 aliphatic heterocycles. The fraction of sp³-hybridized carbons (Fsp3) is 0.273. The summed E-state index contributed by atoms with van der Waals surface area (Å²) in [4.78, 5) is 8.34. The van der Waals surface area contributed by atoms with Crippen molar-refractivity contribution in [2.24, 2.45) is 0 Å². The topological polar surface area (TPSA) is 53.5 Å². The Balaban J connectivity index is 2.78. The van der Waals surface area contributed by atoms with Gasteiger partial charge in [-0.05, 0) is 12.1 Å². The fourth-order valence-electron chi connectivity index (χ4n) is 1.49. The Hall–Kier alpha value is -2.04.